The van der Waals surface area contributed by atoms with Gasteiger partial charge >= 0.3 is 19.1 Å². The second-order valence-electron chi connectivity index (χ2n) is 6.17. The first-order valence-corrected chi connectivity index (χ1v) is 7.47. The van der Waals surface area contributed by atoms with E-state index >= 15 is 0 Å². The van der Waals surface area contributed by atoms with E-state index in [9.17, 15) is 19.5 Å². The minimum absolute atomic E-state index is 0.0928. The Hall–Kier alpha value is -1.65. The summed E-state index contributed by atoms with van der Waals surface area (Å²) in [6, 6.07) is 0. The fourth-order valence-electron chi connectivity index (χ4n) is 2.91. The number of carbonyl (C=O) groups is 3. The molecule has 1 amide bonds. The highest BCUT2D eigenvalue weighted by atomic mass is 16.4. The molecule has 1 rings (SSSR count). The van der Waals surface area contributed by atoms with Crippen LogP contribution in [0.3, 0.4) is 0 Å². The standard InChI is InChI=1S/C13H23BN2O7/c1-8(5-10(17)18)11(19)16-6-9(3-2-4-14(22)23)13(15,7-16)12(20)21/h8-9,22-23H,2-7,15H2,1H3,(H,17,18)(H,20,21)/t8-,9-,13-/m0/s1. The van der Waals surface area contributed by atoms with Crippen molar-refractivity contribution in [3.63, 3.8) is 0 Å². The fourth-order valence-corrected chi connectivity index (χ4v) is 2.91. The summed E-state index contributed by atoms with van der Waals surface area (Å²) in [5, 5.41) is 35.8. The third kappa shape index (κ3) is 4.91. The topological polar surface area (TPSA) is 161 Å². The number of likely N-dealkylation sites (tertiary alicyclic amines) is 1. The van der Waals surface area contributed by atoms with E-state index in [2.05, 4.69) is 0 Å². The monoisotopic (exact) mass is 330 g/mol. The Morgan fingerprint density at radius 2 is 1.96 bits per heavy atom. The zero-order valence-corrected chi connectivity index (χ0v) is 13.0. The maximum absolute atomic E-state index is 12.3. The van der Waals surface area contributed by atoms with Crippen LogP contribution in [-0.4, -0.2) is 68.8 Å². The molecule has 0 spiro atoms. The first-order valence-electron chi connectivity index (χ1n) is 7.47. The molecule has 0 aliphatic carbocycles. The molecule has 1 fully saturated rings. The van der Waals surface area contributed by atoms with Crippen molar-refractivity contribution in [2.24, 2.45) is 17.6 Å². The lowest BCUT2D eigenvalue weighted by Gasteiger charge is -2.25. The molecule has 0 aromatic heterocycles. The van der Waals surface area contributed by atoms with Crippen LogP contribution in [0.5, 0.6) is 0 Å². The molecule has 1 saturated heterocycles. The molecule has 10 heteroatoms. The number of carboxylic acid groups (broad SMARTS) is 2. The lowest BCUT2D eigenvalue weighted by Crippen LogP contribution is -2.55. The Morgan fingerprint density at radius 3 is 2.43 bits per heavy atom. The van der Waals surface area contributed by atoms with Gasteiger partial charge in [-0.3, -0.25) is 14.4 Å². The quantitative estimate of drug-likeness (QED) is 0.339. The van der Waals surface area contributed by atoms with Gasteiger partial charge in [0.1, 0.15) is 5.54 Å². The van der Waals surface area contributed by atoms with Crippen molar-refractivity contribution in [2.45, 2.75) is 38.0 Å². The van der Waals surface area contributed by atoms with Crippen LogP contribution < -0.4 is 5.73 Å². The number of carboxylic acids is 2. The lowest BCUT2D eigenvalue weighted by atomic mass is 9.78. The predicted octanol–water partition coefficient (Wildman–Crippen LogP) is -1.41. The van der Waals surface area contributed by atoms with Crippen molar-refractivity contribution in [3.05, 3.63) is 0 Å². The van der Waals surface area contributed by atoms with E-state index in [0.29, 0.717) is 12.8 Å². The number of amides is 1. The second-order valence-corrected chi connectivity index (χ2v) is 6.17. The maximum atomic E-state index is 12.3. The number of hydrogen-bond donors (Lipinski definition) is 5. The predicted molar refractivity (Wildman–Crippen MR) is 80.3 cm³/mol. The van der Waals surface area contributed by atoms with Gasteiger partial charge in [0.05, 0.1) is 6.42 Å². The Kier molecular flexibility index (Phi) is 6.54. The first kappa shape index (κ1) is 19.4. The van der Waals surface area contributed by atoms with Crippen molar-refractivity contribution < 1.29 is 34.6 Å². The summed E-state index contributed by atoms with van der Waals surface area (Å²) in [6.07, 6.45) is 0.454. The van der Waals surface area contributed by atoms with Gasteiger partial charge in [0, 0.05) is 24.9 Å². The normalized spacial score (nSPS) is 25.2. The molecule has 0 aromatic carbocycles. The Labute approximate surface area is 134 Å². The molecule has 9 nitrogen and oxygen atoms in total. The Morgan fingerprint density at radius 1 is 1.35 bits per heavy atom. The van der Waals surface area contributed by atoms with Gasteiger partial charge in [0.2, 0.25) is 5.91 Å². The molecule has 23 heavy (non-hydrogen) atoms. The molecule has 130 valence electrons. The molecule has 0 saturated carbocycles. The second kappa shape index (κ2) is 7.76. The summed E-state index contributed by atoms with van der Waals surface area (Å²) in [4.78, 5) is 35.7. The molecule has 3 atom stereocenters. The summed E-state index contributed by atoms with van der Waals surface area (Å²) < 4.78 is 0. The van der Waals surface area contributed by atoms with Crippen molar-refractivity contribution in [1.29, 1.82) is 0 Å². The highest BCUT2D eigenvalue weighted by molar-refractivity contribution is 6.40. The molecule has 0 unspecified atom stereocenters. The van der Waals surface area contributed by atoms with Gasteiger partial charge in [0.25, 0.3) is 0 Å². The minimum atomic E-state index is -1.61. The smallest absolute Gasteiger partial charge is 0.451 e. The summed E-state index contributed by atoms with van der Waals surface area (Å²) in [7, 11) is -1.47. The van der Waals surface area contributed by atoms with Crippen molar-refractivity contribution in [3.8, 4) is 0 Å². The highest BCUT2D eigenvalue weighted by Gasteiger charge is 2.50. The lowest BCUT2D eigenvalue weighted by molar-refractivity contribution is -0.146. The molecule has 0 bridgehead atoms. The first-order chi connectivity index (χ1) is 10.6. The van der Waals surface area contributed by atoms with Crippen molar-refractivity contribution >= 4 is 25.0 Å². The van der Waals surface area contributed by atoms with Gasteiger partial charge in [-0.1, -0.05) is 13.3 Å². The average molecular weight is 330 g/mol. The van der Waals surface area contributed by atoms with E-state index < -0.39 is 42.3 Å². The van der Waals surface area contributed by atoms with Gasteiger partial charge in [-0.25, -0.2) is 0 Å². The molecular weight excluding hydrogens is 307 g/mol. The summed E-state index contributed by atoms with van der Waals surface area (Å²) in [5.41, 5.74) is 4.35. The molecule has 1 heterocycles. The van der Waals surface area contributed by atoms with E-state index in [1.165, 1.54) is 11.8 Å². The maximum Gasteiger partial charge on any atom is 0.451 e. The van der Waals surface area contributed by atoms with Crippen LogP contribution >= 0.6 is 0 Å². The van der Waals surface area contributed by atoms with E-state index in [1.54, 1.807) is 0 Å². The number of carbonyl (C=O) groups excluding carboxylic acids is 1. The molecule has 6 N–H and O–H groups in total. The Bertz CT molecular complexity index is 473. The van der Waals surface area contributed by atoms with Crippen molar-refractivity contribution in [1.82, 2.24) is 4.90 Å². The zero-order valence-electron chi connectivity index (χ0n) is 13.0. The number of rotatable bonds is 8. The summed E-state index contributed by atoms with van der Waals surface area (Å²) >= 11 is 0. The van der Waals surface area contributed by atoms with Crippen LogP contribution in [0, 0.1) is 11.8 Å². The van der Waals surface area contributed by atoms with Crippen molar-refractivity contribution in [2.75, 3.05) is 13.1 Å². The van der Waals surface area contributed by atoms with Crippen LogP contribution in [0.4, 0.5) is 0 Å². The minimum Gasteiger partial charge on any atom is -0.481 e. The average Bonchev–Trinajstić information content (AvgIpc) is 2.75. The van der Waals surface area contributed by atoms with Crippen LogP contribution in [0.2, 0.25) is 6.32 Å². The Balaban J connectivity index is 2.77. The van der Waals surface area contributed by atoms with Crippen LogP contribution in [0.25, 0.3) is 0 Å². The molecule has 1 aliphatic rings. The fraction of sp³-hybridized carbons (Fsp3) is 0.769. The van der Waals surface area contributed by atoms with E-state index in [1.807, 2.05) is 0 Å². The third-order valence-corrected chi connectivity index (χ3v) is 4.25. The summed E-state index contributed by atoms with van der Waals surface area (Å²) in [6.45, 7) is 1.41. The van der Waals surface area contributed by atoms with Crippen LogP contribution in [0.15, 0.2) is 0 Å². The van der Waals surface area contributed by atoms with Crippen LogP contribution in [0.1, 0.15) is 26.2 Å². The number of aliphatic carboxylic acids is 2. The van der Waals surface area contributed by atoms with Crippen LogP contribution in [-0.2, 0) is 14.4 Å². The molecular formula is C13H23BN2O7. The van der Waals surface area contributed by atoms with Gasteiger partial charge in [-0.2, -0.15) is 0 Å². The summed E-state index contributed by atoms with van der Waals surface area (Å²) in [5.74, 6) is -4.06. The SMILES string of the molecule is C[C@@H](CC(=O)O)C(=O)N1C[C@H](CCCB(O)O)[C@](N)(C(=O)O)C1. The highest BCUT2D eigenvalue weighted by Crippen LogP contribution is 2.31. The van der Waals surface area contributed by atoms with Gasteiger partial charge in [0.15, 0.2) is 0 Å². The molecule has 0 radical (unpaired) electrons. The molecule has 1 aliphatic heterocycles. The number of nitrogens with zero attached hydrogens (tertiary/aromatic N) is 1. The molecule has 0 aromatic rings. The van der Waals surface area contributed by atoms with Gasteiger partial charge < -0.3 is 30.9 Å². The number of nitrogens with two attached hydrogens (primary N) is 1. The largest absolute Gasteiger partial charge is 0.481 e. The van der Waals surface area contributed by atoms with E-state index in [4.69, 9.17) is 20.9 Å². The van der Waals surface area contributed by atoms with E-state index in [0.717, 1.165) is 0 Å². The van der Waals surface area contributed by atoms with E-state index in [-0.39, 0.29) is 25.8 Å². The number of hydrogen-bond acceptors (Lipinski definition) is 6. The third-order valence-electron chi connectivity index (χ3n) is 4.25. The zero-order chi connectivity index (χ0) is 17.8. The van der Waals surface area contributed by atoms with Gasteiger partial charge in [-0.05, 0) is 12.7 Å². The van der Waals surface area contributed by atoms with Gasteiger partial charge in [-0.15, -0.1) is 0 Å².